The molecule has 1 aromatic heterocycles. The zero-order chi connectivity index (χ0) is 10.8. The first-order chi connectivity index (χ1) is 6.48. The Morgan fingerprint density at radius 1 is 1.43 bits per heavy atom. The monoisotopic (exact) mass is 214 g/mol. The molecule has 0 amide bonds. The Morgan fingerprint density at radius 3 is 2.50 bits per heavy atom. The van der Waals surface area contributed by atoms with Gasteiger partial charge in [-0.15, -0.1) is 0 Å². The number of halogens is 1. The molecule has 0 atom stereocenters. The van der Waals surface area contributed by atoms with Gasteiger partial charge in [-0.2, -0.15) is 0 Å². The van der Waals surface area contributed by atoms with Crippen molar-refractivity contribution < 1.29 is 9.53 Å². The van der Waals surface area contributed by atoms with Crippen LogP contribution in [-0.2, 0) is 14.9 Å². The summed E-state index contributed by atoms with van der Waals surface area (Å²) in [7, 11) is 1.34. The van der Waals surface area contributed by atoms with Crippen LogP contribution in [0.5, 0.6) is 0 Å². The fourth-order valence-electron chi connectivity index (χ4n) is 0.995. The van der Waals surface area contributed by atoms with Crippen molar-refractivity contribution in [2.75, 3.05) is 7.11 Å². The van der Waals surface area contributed by atoms with Gasteiger partial charge >= 0.3 is 5.97 Å². The van der Waals surface area contributed by atoms with Gasteiger partial charge in [-0.3, -0.25) is 9.78 Å². The first-order valence-corrected chi connectivity index (χ1v) is 4.42. The van der Waals surface area contributed by atoms with Crippen LogP contribution in [0.25, 0.3) is 0 Å². The molecule has 0 saturated heterocycles. The molecule has 0 aliphatic carbocycles. The molecule has 0 saturated carbocycles. The molecule has 14 heavy (non-hydrogen) atoms. The van der Waals surface area contributed by atoms with Crippen molar-refractivity contribution in [1.29, 1.82) is 0 Å². The zero-order valence-electron chi connectivity index (χ0n) is 8.24. The lowest BCUT2D eigenvalue weighted by molar-refractivity contribution is -0.146. The minimum atomic E-state index is -0.799. The summed E-state index contributed by atoms with van der Waals surface area (Å²) in [5, 5.41) is 0.300. The second-order valence-corrected chi connectivity index (χ2v) is 3.73. The fraction of sp³-hybridized carbons (Fsp3) is 0.444. The second-order valence-electron chi connectivity index (χ2n) is 3.34. The Hall–Kier alpha value is -1.16. The summed E-state index contributed by atoms with van der Waals surface area (Å²) in [6, 6.07) is 0. The van der Waals surface area contributed by atoms with Gasteiger partial charge < -0.3 is 4.74 Å². The van der Waals surface area contributed by atoms with Crippen molar-refractivity contribution in [2.45, 2.75) is 19.3 Å². The minimum Gasteiger partial charge on any atom is -0.468 e. The van der Waals surface area contributed by atoms with E-state index in [1.165, 1.54) is 19.5 Å². The maximum Gasteiger partial charge on any atom is 0.317 e. The minimum absolute atomic E-state index is 0.300. The number of nitrogens with zero attached hydrogens (tertiary/aromatic N) is 2. The van der Waals surface area contributed by atoms with Gasteiger partial charge in [-0.25, -0.2) is 4.98 Å². The van der Waals surface area contributed by atoms with Gasteiger partial charge in [-0.1, -0.05) is 11.6 Å². The highest BCUT2D eigenvalue weighted by molar-refractivity contribution is 6.29. The van der Waals surface area contributed by atoms with Crippen LogP contribution in [0.3, 0.4) is 0 Å². The van der Waals surface area contributed by atoms with E-state index in [1.807, 2.05) is 0 Å². The number of hydrogen-bond acceptors (Lipinski definition) is 4. The van der Waals surface area contributed by atoms with E-state index in [4.69, 9.17) is 11.6 Å². The molecule has 0 unspecified atom stereocenters. The Labute approximate surface area is 87.3 Å². The van der Waals surface area contributed by atoms with Crippen LogP contribution < -0.4 is 0 Å². The van der Waals surface area contributed by atoms with E-state index < -0.39 is 5.41 Å². The number of carbonyl (C=O) groups excluding carboxylic acids is 1. The molecule has 0 fully saturated rings. The number of methoxy groups -OCH3 is 1. The second kappa shape index (κ2) is 3.92. The van der Waals surface area contributed by atoms with Crippen molar-refractivity contribution >= 4 is 17.6 Å². The maximum absolute atomic E-state index is 11.4. The molecule has 76 valence electrons. The summed E-state index contributed by atoms with van der Waals surface area (Å²) >= 11 is 5.59. The lowest BCUT2D eigenvalue weighted by atomic mass is 9.90. The van der Waals surface area contributed by atoms with E-state index in [0.29, 0.717) is 10.8 Å². The summed E-state index contributed by atoms with van der Waals surface area (Å²) in [6.07, 6.45) is 2.88. The van der Waals surface area contributed by atoms with Crippen molar-refractivity contribution in [1.82, 2.24) is 9.97 Å². The molecule has 0 radical (unpaired) electrons. The number of aromatic nitrogens is 2. The highest BCUT2D eigenvalue weighted by Gasteiger charge is 2.32. The fourth-order valence-corrected chi connectivity index (χ4v) is 1.09. The van der Waals surface area contributed by atoms with Crippen LogP contribution in [0.15, 0.2) is 12.4 Å². The Morgan fingerprint density at radius 2 is 2.07 bits per heavy atom. The maximum atomic E-state index is 11.4. The largest absolute Gasteiger partial charge is 0.468 e. The Bertz CT molecular complexity index is 335. The number of carbonyl (C=O) groups is 1. The molecule has 0 aliphatic rings. The molecular formula is C9H11ClN2O2. The quantitative estimate of drug-likeness (QED) is 0.702. The smallest absolute Gasteiger partial charge is 0.317 e. The summed E-state index contributed by atoms with van der Waals surface area (Å²) in [6.45, 7) is 3.44. The number of esters is 1. The van der Waals surface area contributed by atoms with Gasteiger partial charge in [0, 0.05) is 0 Å². The Kier molecular flexibility index (Phi) is 3.06. The van der Waals surface area contributed by atoms with E-state index in [2.05, 4.69) is 14.7 Å². The van der Waals surface area contributed by atoms with Crippen molar-refractivity contribution in [2.24, 2.45) is 0 Å². The van der Waals surface area contributed by atoms with Gasteiger partial charge in [0.2, 0.25) is 0 Å². The molecule has 0 aliphatic heterocycles. The van der Waals surface area contributed by atoms with Crippen LogP contribution in [0.4, 0.5) is 0 Å². The van der Waals surface area contributed by atoms with Crippen molar-refractivity contribution in [3.63, 3.8) is 0 Å². The van der Waals surface area contributed by atoms with E-state index in [-0.39, 0.29) is 5.97 Å². The molecule has 0 N–H and O–H groups in total. The number of rotatable bonds is 2. The summed E-state index contributed by atoms with van der Waals surface area (Å²) in [5.74, 6) is -0.353. The number of ether oxygens (including phenoxy) is 1. The standard InChI is InChI=1S/C9H11ClN2O2/c1-9(2,8(13)14-3)6-4-12-7(10)5-11-6/h4-5H,1-3H3. The van der Waals surface area contributed by atoms with Crippen molar-refractivity contribution in [3.05, 3.63) is 23.2 Å². The predicted octanol–water partition coefficient (Wildman–Crippen LogP) is 1.58. The van der Waals surface area contributed by atoms with Gasteiger partial charge in [0.25, 0.3) is 0 Å². The SMILES string of the molecule is COC(=O)C(C)(C)c1cnc(Cl)cn1. The van der Waals surface area contributed by atoms with Gasteiger partial charge in [0.1, 0.15) is 10.6 Å². The van der Waals surface area contributed by atoms with Gasteiger partial charge in [-0.05, 0) is 13.8 Å². The summed E-state index contributed by atoms with van der Waals surface area (Å²) < 4.78 is 4.66. The van der Waals surface area contributed by atoms with Crippen molar-refractivity contribution in [3.8, 4) is 0 Å². The third kappa shape index (κ3) is 2.01. The molecule has 1 heterocycles. The molecule has 0 bridgehead atoms. The first-order valence-electron chi connectivity index (χ1n) is 4.05. The highest BCUT2D eigenvalue weighted by Crippen LogP contribution is 2.22. The van der Waals surface area contributed by atoms with E-state index >= 15 is 0 Å². The van der Waals surface area contributed by atoms with Gasteiger partial charge in [0.05, 0.1) is 25.2 Å². The lowest BCUT2D eigenvalue weighted by Gasteiger charge is -2.19. The van der Waals surface area contributed by atoms with Crippen LogP contribution in [0, 0.1) is 0 Å². The Balaban J connectivity index is 3.03. The molecule has 1 rings (SSSR count). The molecule has 4 nitrogen and oxygen atoms in total. The van der Waals surface area contributed by atoms with Crippen LogP contribution in [0.1, 0.15) is 19.5 Å². The summed E-state index contributed by atoms with van der Waals surface area (Å²) in [5.41, 5.74) is -0.263. The predicted molar refractivity (Wildman–Crippen MR) is 52.1 cm³/mol. The third-order valence-corrected chi connectivity index (χ3v) is 2.15. The molecule has 1 aromatic rings. The lowest BCUT2D eigenvalue weighted by Crippen LogP contribution is -2.31. The summed E-state index contributed by atoms with van der Waals surface area (Å²) in [4.78, 5) is 19.3. The molecule has 0 aromatic carbocycles. The van der Waals surface area contributed by atoms with E-state index in [9.17, 15) is 4.79 Å². The van der Waals surface area contributed by atoms with Gasteiger partial charge in [0.15, 0.2) is 0 Å². The van der Waals surface area contributed by atoms with Crippen LogP contribution in [0.2, 0.25) is 5.15 Å². The van der Waals surface area contributed by atoms with E-state index in [1.54, 1.807) is 13.8 Å². The highest BCUT2D eigenvalue weighted by atomic mass is 35.5. The molecule has 5 heteroatoms. The van der Waals surface area contributed by atoms with Crippen LogP contribution >= 0.6 is 11.6 Å². The average molecular weight is 215 g/mol. The average Bonchev–Trinajstić information content (AvgIpc) is 2.17. The normalized spacial score (nSPS) is 11.1. The first kappa shape index (κ1) is 10.9. The number of hydrogen-bond donors (Lipinski definition) is 0. The van der Waals surface area contributed by atoms with E-state index in [0.717, 1.165) is 0 Å². The third-order valence-electron chi connectivity index (χ3n) is 1.96. The molecule has 0 spiro atoms. The van der Waals surface area contributed by atoms with Crippen LogP contribution in [-0.4, -0.2) is 23.0 Å². The molecular weight excluding hydrogens is 204 g/mol. The zero-order valence-corrected chi connectivity index (χ0v) is 9.00. The topological polar surface area (TPSA) is 52.1 Å².